The fourth-order valence-electron chi connectivity index (χ4n) is 3.56. The van der Waals surface area contributed by atoms with E-state index >= 15 is 0 Å². The van der Waals surface area contributed by atoms with Gasteiger partial charge in [-0.15, -0.1) is 0 Å². The number of carbonyl (C=O) groups is 1. The van der Waals surface area contributed by atoms with E-state index in [1.807, 2.05) is 0 Å². The lowest BCUT2D eigenvalue weighted by molar-refractivity contribution is -0.139. The van der Waals surface area contributed by atoms with Crippen LogP contribution in [0, 0.1) is 16.7 Å². The van der Waals surface area contributed by atoms with Crippen molar-refractivity contribution in [1.29, 1.82) is 5.26 Å². The van der Waals surface area contributed by atoms with E-state index in [1.54, 1.807) is 18.9 Å². The zero-order valence-electron chi connectivity index (χ0n) is 12.4. The zero-order chi connectivity index (χ0) is 14.8. The minimum Gasteiger partial charge on any atom is -0.396 e. The highest BCUT2D eigenvalue weighted by atomic mass is 16.3. The number of aliphatic hydroxyl groups is 1. The van der Waals surface area contributed by atoms with Crippen LogP contribution in [0.1, 0.15) is 45.4 Å². The topological polar surface area (TPSA) is 76.4 Å². The van der Waals surface area contributed by atoms with Gasteiger partial charge in [0.05, 0.1) is 18.7 Å². The minimum atomic E-state index is -0.400. The van der Waals surface area contributed by atoms with Crippen molar-refractivity contribution in [2.75, 3.05) is 13.7 Å². The average Bonchev–Trinajstić information content (AvgIpc) is 3.17. The van der Waals surface area contributed by atoms with Crippen LogP contribution in [-0.2, 0) is 4.79 Å². The quantitative estimate of drug-likeness (QED) is 0.761. The molecule has 2 N–H and O–H groups in total. The van der Waals surface area contributed by atoms with Gasteiger partial charge in [0, 0.05) is 11.5 Å². The second-order valence-corrected chi connectivity index (χ2v) is 6.23. The number of nitrogens with one attached hydrogen (secondary N) is 1. The molecule has 0 radical (unpaired) electrons. The van der Waals surface area contributed by atoms with E-state index in [2.05, 4.69) is 11.4 Å². The number of nitrogens with zero attached hydrogens (tertiary/aromatic N) is 2. The smallest absolute Gasteiger partial charge is 0.241 e. The van der Waals surface area contributed by atoms with Crippen molar-refractivity contribution in [2.24, 2.45) is 5.41 Å². The first-order valence-electron chi connectivity index (χ1n) is 7.59. The van der Waals surface area contributed by atoms with Gasteiger partial charge < -0.3 is 15.3 Å². The molecule has 2 fully saturated rings. The maximum absolute atomic E-state index is 12.9. The number of carbonyl (C=O) groups excluding carboxylic acids is 1. The summed E-state index contributed by atoms with van der Waals surface area (Å²) in [5, 5.41) is 22.1. The molecule has 2 unspecified atom stereocenters. The summed E-state index contributed by atoms with van der Waals surface area (Å²) >= 11 is 0. The molecule has 1 amide bonds. The first-order valence-corrected chi connectivity index (χ1v) is 7.59. The standard InChI is InChI=1S/C15H25N3O2/c1-11(9-16)18(12-5-6-12)14(20)13(17-2)15(10-19)7-3-4-8-15/h11-13,17,19H,3-8,10H2,1-2H3. The Morgan fingerprint density at radius 2 is 2.10 bits per heavy atom. The Kier molecular flexibility index (Phi) is 4.66. The van der Waals surface area contributed by atoms with Gasteiger partial charge in [-0.25, -0.2) is 0 Å². The largest absolute Gasteiger partial charge is 0.396 e. The maximum Gasteiger partial charge on any atom is 0.241 e. The Hall–Kier alpha value is -1.12. The lowest BCUT2D eigenvalue weighted by Crippen LogP contribution is -2.57. The summed E-state index contributed by atoms with van der Waals surface area (Å²) in [4.78, 5) is 14.6. The number of nitriles is 1. The van der Waals surface area contributed by atoms with Crippen molar-refractivity contribution in [3.05, 3.63) is 0 Å². The third-order valence-electron chi connectivity index (χ3n) is 4.86. The first kappa shape index (κ1) is 15.3. The minimum absolute atomic E-state index is 0.0139. The molecule has 0 spiro atoms. The van der Waals surface area contributed by atoms with Crippen LogP contribution in [0.15, 0.2) is 0 Å². The Balaban J connectivity index is 2.21. The molecule has 0 heterocycles. The van der Waals surface area contributed by atoms with E-state index < -0.39 is 6.04 Å². The van der Waals surface area contributed by atoms with Crippen molar-refractivity contribution < 1.29 is 9.90 Å². The van der Waals surface area contributed by atoms with Gasteiger partial charge in [0.2, 0.25) is 5.91 Å². The third kappa shape index (κ3) is 2.68. The summed E-state index contributed by atoms with van der Waals surface area (Å²) in [7, 11) is 1.78. The van der Waals surface area contributed by atoms with E-state index in [9.17, 15) is 9.90 Å². The molecule has 2 rings (SSSR count). The van der Waals surface area contributed by atoms with Crippen molar-refractivity contribution in [3.8, 4) is 6.07 Å². The molecule has 112 valence electrons. The zero-order valence-corrected chi connectivity index (χ0v) is 12.4. The summed E-state index contributed by atoms with van der Waals surface area (Å²) in [6.45, 7) is 1.81. The van der Waals surface area contributed by atoms with Crippen LogP contribution < -0.4 is 5.32 Å². The van der Waals surface area contributed by atoms with E-state index in [0.29, 0.717) is 0 Å². The fourth-order valence-corrected chi connectivity index (χ4v) is 3.56. The van der Waals surface area contributed by atoms with Crippen molar-refractivity contribution in [3.63, 3.8) is 0 Å². The predicted molar refractivity (Wildman–Crippen MR) is 75.8 cm³/mol. The van der Waals surface area contributed by atoms with Crippen LogP contribution in [0.25, 0.3) is 0 Å². The molecule has 0 bridgehead atoms. The third-order valence-corrected chi connectivity index (χ3v) is 4.86. The van der Waals surface area contributed by atoms with Crippen LogP contribution >= 0.6 is 0 Å². The molecule has 0 aromatic heterocycles. The highest BCUT2D eigenvalue weighted by Crippen LogP contribution is 2.42. The van der Waals surface area contributed by atoms with Crippen LogP contribution in [0.5, 0.6) is 0 Å². The van der Waals surface area contributed by atoms with Crippen molar-refractivity contribution >= 4 is 5.91 Å². The molecule has 0 aromatic rings. The number of hydrogen-bond donors (Lipinski definition) is 2. The molecule has 0 saturated heterocycles. The maximum atomic E-state index is 12.9. The molecule has 2 aliphatic carbocycles. The summed E-state index contributed by atoms with van der Waals surface area (Å²) in [5.41, 5.74) is -0.353. The molecule has 5 nitrogen and oxygen atoms in total. The molecule has 2 saturated carbocycles. The normalized spacial score (nSPS) is 23.9. The van der Waals surface area contributed by atoms with Gasteiger partial charge in [-0.05, 0) is 39.7 Å². The number of rotatable bonds is 6. The summed E-state index contributed by atoms with van der Waals surface area (Å²) in [6.07, 6.45) is 5.84. The number of likely N-dealkylation sites (N-methyl/N-ethyl adjacent to an activating group) is 1. The lowest BCUT2D eigenvalue weighted by atomic mass is 9.78. The predicted octanol–water partition coefficient (Wildman–Crippen LogP) is 1.03. The average molecular weight is 279 g/mol. The molecular weight excluding hydrogens is 254 g/mol. The summed E-state index contributed by atoms with van der Waals surface area (Å²) < 4.78 is 0. The highest BCUT2D eigenvalue weighted by molar-refractivity contribution is 5.84. The molecule has 0 aliphatic heterocycles. The number of amides is 1. The van der Waals surface area contributed by atoms with E-state index in [4.69, 9.17) is 5.26 Å². The van der Waals surface area contributed by atoms with E-state index in [1.165, 1.54) is 0 Å². The van der Waals surface area contributed by atoms with E-state index in [0.717, 1.165) is 38.5 Å². The highest BCUT2D eigenvalue weighted by Gasteiger charge is 2.48. The first-order chi connectivity index (χ1) is 9.59. The molecule has 5 heteroatoms. The van der Waals surface area contributed by atoms with Crippen LogP contribution in [0.2, 0.25) is 0 Å². The molecule has 20 heavy (non-hydrogen) atoms. The van der Waals surface area contributed by atoms with Gasteiger partial charge in [0.15, 0.2) is 0 Å². The second-order valence-electron chi connectivity index (χ2n) is 6.23. The second kappa shape index (κ2) is 6.11. The number of aliphatic hydroxyl groups excluding tert-OH is 1. The van der Waals surface area contributed by atoms with Gasteiger partial charge >= 0.3 is 0 Å². The Bertz CT molecular complexity index is 394. The van der Waals surface area contributed by atoms with Gasteiger partial charge in [0.1, 0.15) is 6.04 Å². The van der Waals surface area contributed by atoms with Gasteiger partial charge in [-0.2, -0.15) is 5.26 Å². The molecular formula is C15H25N3O2. The SMILES string of the molecule is CNC(C(=O)N(C(C)C#N)C1CC1)C1(CO)CCCC1. The molecule has 2 atom stereocenters. The van der Waals surface area contributed by atoms with Crippen LogP contribution in [0.4, 0.5) is 0 Å². The van der Waals surface area contributed by atoms with Crippen molar-refractivity contribution in [1.82, 2.24) is 10.2 Å². The molecule has 0 aromatic carbocycles. The van der Waals surface area contributed by atoms with E-state index in [-0.39, 0.29) is 30.0 Å². The summed E-state index contributed by atoms with van der Waals surface area (Å²) in [5.74, 6) is -0.0139. The Labute approximate surface area is 120 Å². The summed E-state index contributed by atoms with van der Waals surface area (Å²) in [6, 6.07) is 1.61. The van der Waals surface area contributed by atoms with Crippen molar-refractivity contribution in [2.45, 2.75) is 63.6 Å². The van der Waals surface area contributed by atoms with Crippen LogP contribution in [-0.4, -0.2) is 47.7 Å². The van der Waals surface area contributed by atoms with Gasteiger partial charge in [0.25, 0.3) is 0 Å². The fraction of sp³-hybridized carbons (Fsp3) is 0.867. The monoisotopic (exact) mass is 279 g/mol. The van der Waals surface area contributed by atoms with Gasteiger partial charge in [-0.3, -0.25) is 4.79 Å². The Morgan fingerprint density at radius 1 is 1.50 bits per heavy atom. The number of hydrogen-bond acceptors (Lipinski definition) is 4. The molecule has 2 aliphatic rings. The van der Waals surface area contributed by atoms with Gasteiger partial charge in [-0.1, -0.05) is 12.8 Å². The lowest BCUT2D eigenvalue weighted by Gasteiger charge is -2.38. The van der Waals surface area contributed by atoms with Crippen LogP contribution in [0.3, 0.4) is 0 Å². The Morgan fingerprint density at radius 3 is 2.50 bits per heavy atom.